The first-order chi connectivity index (χ1) is 22.2. The van der Waals surface area contributed by atoms with Crippen molar-refractivity contribution in [2.75, 3.05) is 11.5 Å². The van der Waals surface area contributed by atoms with Gasteiger partial charge in [0.05, 0.1) is 11.4 Å². The maximum Gasteiger partial charge on any atom is 0.0920 e. The summed E-state index contributed by atoms with van der Waals surface area (Å²) in [5, 5.41) is 10.0. The van der Waals surface area contributed by atoms with E-state index in [1.165, 1.54) is 66.8 Å². The van der Waals surface area contributed by atoms with Crippen LogP contribution in [0, 0.1) is 0 Å². The first kappa shape index (κ1) is 34.9. The molecule has 4 heteroatoms. The molecule has 0 saturated heterocycles. The smallest absolute Gasteiger partial charge is 0.0920 e. The predicted molar refractivity (Wildman–Crippen MR) is 199 cm³/mol. The third-order valence-corrected chi connectivity index (χ3v) is 9.59. The van der Waals surface area contributed by atoms with Crippen LogP contribution in [-0.2, 0) is 64.2 Å². The minimum absolute atomic E-state index is 0.895. The standard InChI is InChI=1S/C42H56N4/c1-9-31-19-27(20-32(10-2)39(31)43)17-29-23-35(13-5)41(36(14-6)24-29)45-46-42-37(15-7)25-30(26-38(42)16-8)18-28-21-33(11-3)40(44)34(12-4)22-28/h19-26H,9-18,43-44H2,1-8H3. The Morgan fingerprint density at radius 2 is 0.543 bits per heavy atom. The molecule has 0 aliphatic carbocycles. The first-order valence-corrected chi connectivity index (χ1v) is 17.7. The van der Waals surface area contributed by atoms with Crippen LogP contribution in [0.2, 0.25) is 0 Å². The van der Waals surface area contributed by atoms with E-state index in [-0.39, 0.29) is 0 Å². The van der Waals surface area contributed by atoms with E-state index < -0.39 is 0 Å². The maximum absolute atomic E-state index is 6.44. The third-order valence-electron chi connectivity index (χ3n) is 9.59. The Kier molecular flexibility index (Phi) is 12.2. The summed E-state index contributed by atoms with van der Waals surface area (Å²) in [4.78, 5) is 0. The summed E-state index contributed by atoms with van der Waals surface area (Å²) in [5.74, 6) is 0. The Labute approximate surface area is 278 Å². The summed E-state index contributed by atoms with van der Waals surface area (Å²) < 4.78 is 0. The highest BCUT2D eigenvalue weighted by Crippen LogP contribution is 2.35. The molecule has 4 N–H and O–H groups in total. The number of rotatable bonds is 14. The second-order valence-electron chi connectivity index (χ2n) is 12.6. The number of azo groups is 1. The van der Waals surface area contributed by atoms with Gasteiger partial charge in [0.25, 0.3) is 0 Å². The zero-order valence-electron chi connectivity index (χ0n) is 29.7. The van der Waals surface area contributed by atoms with Crippen molar-refractivity contribution >= 4 is 22.7 Å². The van der Waals surface area contributed by atoms with Gasteiger partial charge in [0, 0.05) is 11.4 Å². The molecule has 0 aliphatic rings. The molecule has 0 unspecified atom stereocenters. The van der Waals surface area contributed by atoms with E-state index in [4.69, 9.17) is 21.7 Å². The lowest BCUT2D eigenvalue weighted by Crippen LogP contribution is -2.02. The highest BCUT2D eigenvalue weighted by molar-refractivity contribution is 5.61. The van der Waals surface area contributed by atoms with E-state index in [0.717, 1.165) is 87.0 Å². The van der Waals surface area contributed by atoms with Crippen molar-refractivity contribution in [3.8, 4) is 0 Å². The predicted octanol–water partition coefficient (Wildman–Crippen LogP) is 10.9. The molecule has 46 heavy (non-hydrogen) atoms. The average molecular weight is 617 g/mol. The highest BCUT2D eigenvalue weighted by atomic mass is 15.1. The van der Waals surface area contributed by atoms with Crippen molar-refractivity contribution in [1.82, 2.24) is 0 Å². The molecule has 0 aromatic heterocycles. The SMILES string of the molecule is CCc1cc(Cc2cc(CC)c(N=Nc3c(CC)cc(Cc4cc(CC)c(N)c(CC)c4)cc3CC)c(CC)c2)cc(CC)c1N. The molecule has 4 rings (SSSR count). The fourth-order valence-corrected chi connectivity index (χ4v) is 6.85. The summed E-state index contributed by atoms with van der Waals surface area (Å²) in [5.41, 5.74) is 32.2. The summed E-state index contributed by atoms with van der Waals surface area (Å²) in [6, 6.07) is 18.5. The number of hydrogen-bond acceptors (Lipinski definition) is 4. The Morgan fingerprint density at radius 1 is 0.348 bits per heavy atom. The first-order valence-electron chi connectivity index (χ1n) is 17.7. The van der Waals surface area contributed by atoms with Gasteiger partial charge in [-0.3, -0.25) is 0 Å². The zero-order valence-corrected chi connectivity index (χ0v) is 29.7. The van der Waals surface area contributed by atoms with Crippen LogP contribution in [0.1, 0.15) is 122 Å². The molecule has 0 fully saturated rings. The molecule has 4 aromatic carbocycles. The van der Waals surface area contributed by atoms with Crippen molar-refractivity contribution in [2.45, 2.75) is 120 Å². The molecule has 0 saturated carbocycles. The molecule has 4 aromatic rings. The van der Waals surface area contributed by atoms with Crippen LogP contribution in [0.3, 0.4) is 0 Å². The number of nitrogens with zero attached hydrogens (tertiary/aromatic N) is 2. The van der Waals surface area contributed by atoms with Crippen molar-refractivity contribution in [2.24, 2.45) is 10.2 Å². The van der Waals surface area contributed by atoms with Crippen molar-refractivity contribution in [3.63, 3.8) is 0 Å². The lowest BCUT2D eigenvalue weighted by molar-refractivity contribution is 1.00. The monoisotopic (exact) mass is 616 g/mol. The summed E-state index contributed by atoms with van der Waals surface area (Å²) in [6.45, 7) is 17.6. The van der Waals surface area contributed by atoms with Crippen LogP contribution in [0.5, 0.6) is 0 Å². The Hall–Kier alpha value is -3.92. The lowest BCUT2D eigenvalue weighted by Gasteiger charge is -2.16. The van der Waals surface area contributed by atoms with E-state index >= 15 is 0 Å². The molecule has 0 bridgehead atoms. The number of nitrogen functional groups attached to an aromatic ring is 2. The minimum Gasteiger partial charge on any atom is -0.398 e. The van der Waals surface area contributed by atoms with Gasteiger partial charge in [-0.15, -0.1) is 10.2 Å². The van der Waals surface area contributed by atoms with Crippen LogP contribution in [-0.4, -0.2) is 0 Å². The molecule has 0 aliphatic heterocycles. The third kappa shape index (κ3) is 7.71. The van der Waals surface area contributed by atoms with Crippen molar-refractivity contribution in [3.05, 3.63) is 115 Å². The Balaban J connectivity index is 1.69. The molecule has 0 spiro atoms. The van der Waals surface area contributed by atoms with Crippen LogP contribution in [0.15, 0.2) is 58.8 Å². The van der Waals surface area contributed by atoms with Gasteiger partial charge < -0.3 is 11.5 Å². The quantitative estimate of drug-likeness (QED) is 0.109. The van der Waals surface area contributed by atoms with Crippen LogP contribution in [0.4, 0.5) is 22.7 Å². The van der Waals surface area contributed by atoms with Gasteiger partial charge in [0.2, 0.25) is 0 Å². The highest BCUT2D eigenvalue weighted by Gasteiger charge is 2.15. The van der Waals surface area contributed by atoms with Crippen LogP contribution >= 0.6 is 0 Å². The molecular weight excluding hydrogens is 560 g/mol. The zero-order chi connectivity index (χ0) is 33.4. The number of anilines is 2. The fourth-order valence-electron chi connectivity index (χ4n) is 6.85. The second-order valence-corrected chi connectivity index (χ2v) is 12.6. The van der Waals surface area contributed by atoms with Gasteiger partial charge >= 0.3 is 0 Å². The molecule has 0 atom stereocenters. The van der Waals surface area contributed by atoms with E-state index in [9.17, 15) is 0 Å². The van der Waals surface area contributed by atoms with E-state index in [1.54, 1.807) is 0 Å². The summed E-state index contributed by atoms with van der Waals surface area (Å²) in [7, 11) is 0. The van der Waals surface area contributed by atoms with Gasteiger partial charge in [-0.2, -0.15) is 0 Å². The number of hydrogen-bond donors (Lipinski definition) is 2. The van der Waals surface area contributed by atoms with Gasteiger partial charge in [-0.1, -0.05) is 104 Å². The lowest BCUT2D eigenvalue weighted by atomic mass is 9.92. The topological polar surface area (TPSA) is 76.8 Å². The summed E-state index contributed by atoms with van der Waals surface area (Å²) >= 11 is 0. The van der Waals surface area contributed by atoms with Crippen molar-refractivity contribution in [1.29, 1.82) is 0 Å². The number of benzene rings is 4. The number of nitrogens with two attached hydrogens (primary N) is 2. The van der Waals surface area contributed by atoms with Gasteiger partial charge in [0.15, 0.2) is 0 Å². The Bertz CT molecular complexity index is 1470. The molecule has 4 nitrogen and oxygen atoms in total. The average Bonchev–Trinajstić information content (AvgIpc) is 3.08. The molecule has 0 heterocycles. The largest absolute Gasteiger partial charge is 0.398 e. The second kappa shape index (κ2) is 16.1. The molecule has 244 valence electrons. The number of aryl methyl sites for hydroxylation is 8. The van der Waals surface area contributed by atoms with Crippen LogP contribution in [0.25, 0.3) is 0 Å². The minimum atomic E-state index is 0.895. The van der Waals surface area contributed by atoms with Gasteiger partial charge in [0.1, 0.15) is 0 Å². The summed E-state index contributed by atoms with van der Waals surface area (Å²) in [6.07, 6.45) is 9.26. The molecule has 0 amide bonds. The van der Waals surface area contributed by atoms with Crippen LogP contribution < -0.4 is 11.5 Å². The Morgan fingerprint density at radius 3 is 0.739 bits per heavy atom. The van der Waals surface area contributed by atoms with E-state index in [0.29, 0.717) is 0 Å². The maximum atomic E-state index is 6.44. The van der Waals surface area contributed by atoms with E-state index in [1.807, 2.05) is 0 Å². The normalized spacial score (nSPS) is 11.6. The van der Waals surface area contributed by atoms with Gasteiger partial charge in [-0.25, -0.2) is 0 Å². The fraction of sp³-hybridized carbons (Fsp3) is 0.429. The van der Waals surface area contributed by atoms with Crippen molar-refractivity contribution < 1.29 is 0 Å². The molecular formula is C42H56N4. The van der Waals surface area contributed by atoms with Gasteiger partial charge in [-0.05, 0) is 131 Å². The van der Waals surface area contributed by atoms with E-state index in [2.05, 4.69) is 104 Å². The molecule has 0 radical (unpaired) electrons.